The predicted octanol–water partition coefficient (Wildman–Crippen LogP) is 4.20. The average Bonchev–Trinajstić information content (AvgIpc) is 2.40. The summed E-state index contributed by atoms with van der Waals surface area (Å²) in [6, 6.07) is 13.4. The highest BCUT2D eigenvalue weighted by Crippen LogP contribution is 2.33. The molecule has 1 atom stereocenters. The number of ether oxygens (including phenoxy) is 1. The zero-order valence-corrected chi connectivity index (χ0v) is 11.7. The van der Waals surface area contributed by atoms with Crippen LogP contribution in [-0.4, -0.2) is 13.4 Å². The van der Waals surface area contributed by atoms with Crippen molar-refractivity contribution in [3.63, 3.8) is 0 Å². The summed E-state index contributed by atoms with van der Waals surface area (Å²) < 4.78 is 41.7. The number of aryl methyl sites for hydroxylation is 1. The smallest absolute Gasteiger partial charge is 0.405 e. The van der Waals surface area contributed by atoms with Crippen molar-refractivity contribution in [3.05, 3.63) is 65.2 Å². The SMILES string of the molecule is CNC(c1cccc(C)c1)c1ccccc1OC(F)(F)F. The van der Waals surface area contributed by atoms with Gasteiger partial charge in [0.2, 0.25) is 0 Å². The zero-order chi connectivity index (χ0) is 15.5. The molecule has 0 aliphatic rings. The Morgan fingerprint density at radius 3 is 2.38 bits per heavy atom. The van der Waals surface area contributed by atoms with Gasteiger partial charge in [-0.25, -0.2) is 0 Å². The van der Waals surface area contributed by atoms with Crippen LogP contribution in [0.25, 0.3) is 0 Å². The van der Waals surface area contributed by atoms with E-state index in [4.69, 9.17) is 0 Å². The maximum Gasteiger partial charge on any atom is 0.573 e. The molecule has 0 saturated heterocycles. The van der Waals surface area contributed by atoms with E-state index < -0.39 is 6.36 Å². The lowest BCUT2D eigenvalue weighted by Gasteiger charge is -2.21. The predicted molar refractivity (Wildman–Crippen MR) is 75.2 cm³/mol. The van der Waals surface area contributed by atoms with Crippen LogP contribution in [-0.2, 0) is 0 Å². The number of alkyl halides is 3. The van der Waals surface area contributed by atoms with E-state index in [9.17, 15) is 13.2 Å². The molecule has 0 fully saturated rings. The lowest BCUT2D eigenvalue weighted by atomic mass is 9.97. The quantitative estimate of drug-likeness (QED) is 0.912. The molecule has 21 heavy (non-hydrogen) atoms. The first kappa shape index (κ1) is 15.4. The van der Waals surface area contributed by atoms with Crippen molar-refractivity contribution in [3.8, 4) is 5.75 Å². The number of nitrogens with one attached hydrogen (secondary N) is 1. The van der Waals surface area contributed by atoms with Crippen LogP contribution in [0.15, 0.2) is 48.5 Å². The second kappa shape index (κ2) is 6.18. The van der Waals surface area contributed by atoms with Crippen LogP contribution < -0.4 is 10.1 Å². The summed E-state index contributed by atoms with van der Waals surface area (Å²) in [6.45, 7) is 1.94. The van der Waals surface area contributed by atoms with Gasteiger partial charge in [0.05, 0.1) is 6.04 Å². The molecule has 2 rings (SSSR count). The largest absolute Gasteiger partial charge is 0.573 e. The van der Waals surface area contributed by atoms with Gasteiger partial charge in [-0.1, -0.05) is 48.0 Å². The lowest BCUT2D eigenvalue weighted by Crippen LogP contribution is -2.22. The van der Waals surface area contributed by atoms with Crippen molar-refractivity contribution in [2.75, 3.05) is 7.05 Å². The molecule has 0 aliphatic carbocycles. The molecule has 0 amide bonds. The Morgan fingerprint density at radius 2 is 1.76 bits per heavy atom. The summed E-state index contributed by atoms with van der Waals surface area (Å²) >= 11 is 0. The topological polar surface area (TPSA) is 21.3 Å². The maximum absolute atomic E-state index is 12.5. The van der Waals surface area contributed by atoms with Gasteiger partial charge in [0.1, 0.15) is 5.75 Å². The molecule has 1 unspecified atom stereocenters. The number of para-hydroxylation sites is 1. The third-order valence-corrected chi connectivity index (χ3v) is 3.12. The van der Waals surface area contributed by atoms with Crippen molar-refractivity contribution in [2.45, 2.75) is 19.3 Å². The van der Waals surface area contributed by atoms with E-state index in [-0.39, 0.29) is 11.8 Å². The molecule has 0 aliphatic heterocycles. The monoisotopic (exact) mass is 295 g/mol. The van der Waals surface area contributed by atoms with E-state index in [1.54, 1.807) is 19.2 Å². The Kier molecular flexibility index (Phi) is 4.53. The average molecular weight is 295 g/mol. The Morgan fingerprint density at radius 1 is 1.05 bits per heavy atom. The summed E-state index contributed by atoms with van der Waals surface area (Å²) in [7, 11) is 1.71. The van der Waals surface area contributed by atoms with Crippen molar-refractivity contribution < 1.29 is 17.9 Å². The Labute approximate surface area is 121 Å². The van der Waals surface area contributed by atoms with Gasteiger partial charge in [0, 0.05) is 5.56 Å². The molecule has 2 aromatic carbocycles. The highest BCUT2D eigenvalue weighted by molar-refractivity contribution is 5.42. The molecule has 0 spiro atoms. The third-order valence-electron chi connectivity index (χ3n) is 3.12. The molecule has 0 saturated carbocycles. The number of benzene rings is 2. The second-order valence-electron chi connectivity index (χ2n) is 4.72. The van der Waals surface area contributed by atoms with Crippen molar-refractivity contribution >= 4 is 0 Å². The van der Waals surface area contributed by atoms with Gasteiger partial charge >= 0.3 is 6.36 Å². The number of rotatable bonds is 4. The summed E-state index contributed by atoms with van der Waals surface area (Å²) in [6.07, 6.45) is -4.71. The number of halogens is 3. The molecule has 0 bridgehead atoms. The molecule has 2 aromatic rings. The van der Waals surface area contributed by atoms with Crippen molar-refractivity contribution in [1.29, 1.82) is 0 Å². The van der Waals surface area contributed by atoms with E-state index in [1.165, 1.54) is 12.1 Å². The van der Waals surface area contributed by atoms with Crippen LogP contribution >= 0.6 is 0 Å². The fourth-order valence-electron chi connectivity index (χ4n) is 2.29. The first-order valence-electron chi connectivity index (χ1n) is 6.49. The van der Waals surface area contributed by atoms with Gasteiger partial charge in [0.25, 0.3) is 0 Å². The molecular weight excluding hydrogens is 279 g/mol. The highest BCUT2D eigenvalue weighted by Gasteiger charge is 2.33. The zero-order valence-electron chi connectivity index (χ0n) is 11.7. The Balaban J connectivity index is 2.43. The standard InChI is InChI=1S/C16H16F3NO/c1-11-6-5-7-12(10-11)15(20-2)13-8-3-4-9-14(13)21-16(17,18)19/h3-10,15,20H,1-2H3. The van der Waals surface area contributed by atoms with E-state index in [2.05, 4.69) is 10.1 Å². The van der Waals surface area contributed by atoms with Crippen LogP contribution in [0.3, 0.4) is 0 Å². The highest BCUT2D eigenvalue weighted by atomic mass is 19.4. The molecule has 0 aromatic heterocycles. The van der Waals surface area contributed by atoms with E-state index in [1.807, 2.05) is 31.2 Å². The van der Waals surface area contributed by atoms with Gasteiger partial charge < -0.3 is 10.1 Å². The van der Waals surface area contributed by atoms with E-state index in [0.29, 0.717) is 5.56 Å². The summed E-state index contributed by atoms with van der Waals surface area (Å²) in [5.74, 6) is -0.189. The third kappa shape index (κ3) is 3.98. The molecule has 0 radical (unpaired) electrons. The van der Waals surface area contributed by atoms with Gasteiger partial charge in [-0.05, 0) is 25.6 Å². The molecule has 0 heterocycles. The minimum Gasteiger partial charge on any atom is -0.405 e. The van der Waals surface area contributed by atoms with Crippen LogP contribution in [0.2, 0.25) is 0 Å². The fourth-order valence-corrected chi connectivity index (χ4v) is 2.29. The maximum atomic E-state index is 12.5. The molecule has 5 heteroatoms. The minimum atomic E-state index is -4.71. The molecular formula is C16H16F3NO. The van der Waals surface area contributed by atoms with Gasteiger partial charge in [-0.3, -0.25) is 0 Å². The van der Waals surface area contributed by atoms with Crippen molar-refractivity contribution in [2.24, 2.45) is 0 Å². The molecule has 2 nitrogen and oxygen atoms in total. The summed E-state index contributed by atoms with van der Waals surface area (Å²) in [4.78, 5) is 0. The van der Waals surface area contributed by atoms with Crippen LogP contribution in [0.4, 0.5) is 13.2 Å². The summed E-state index contributed by atoms with van der Waals surface area (Å²) in [5.41, 5.74) is 2.38. The molecule has 1 N–H and O–H groups in total. The van der Waals surface area contributed by atoms with Crippen molar-refractivity contribution in [1.82, 2.24) is 5.32 Å². The van der Waals surface area contributed by atoms with E-state index in [0.717, 1.165) is 11.1 Å². The van der Waals surface area contributed by atoms with Gasteiger partial charge in [-0.15, -0.1) is 13.2 Å². The van der Waals surface area contributed by atoms with E-state index >= 15 is 0 Å². The summed E-state index contributed by atoms with van der Waals surface area (Å²) in [5, 5.41) is 3.04. The van der Waals surface area contributed by atoms with Crippen LogP contribution in [0.1, 0.15) is 22.7 Å². The first-order chi connectivity index (χ1) is 9.90. The Bertz CT molecular complexity index is 610. The first-order valence-corrected chi connectivity index (χ1v) is 6.49. The normalized spacial score (nSPS) is 13.0. The van der Waals surface area contributed by atoms with Gasteiger partial charge in [-0.2, -0.15) is 0 Å². The minimum absolute atomic E-state index is 0.189. The van der Waals surface area contributed by atoms with Gasteiger partial charge in [0.15, 0.2) is 0 Å². The lowest BCUT2D eigenvalue weighted by molar-refractivity contribution is -0.275. The fraction of sp³-hybridized carbons (Fsp3) is 0.250. The number of hydrogen-bond acceptors (Lipinski definition) is 2. The second-order valence-corrected chi connectivity index (χ2v) is 4.72. The van der Waals surface area contributed by atoms with Crippen LogP contribution in [0, 0.1) is 6.92 Å². The Hall–Kier alpha value is -2.01. The number of hydrogen-bond donors (Lipinski definition) is 1. The van der Waals surface area contributed by atoms with Crippen LogP contribution in [0.5, 0.6) is 5.75 Å². The molecule has 112 valence electrons.